The molecule has 72 valence electrons. The molecule has 2 atom stereocenters. The molecule has 2 nitrogen and oxygen atoms in total. The van der Waals surface area contributed by atoms with E-state index in [1.165, 1.54) is 11.1 Å². The number of fused-ring (bicyclic) bond motifs is 1. The van der Waals surface area contributed by atoms with Gasteiger partial charge in [-0.25, -0.2) is 0 Å². The number of hydrogen-bond donors (Lipinski definition) is 0. The van der Waals surface area contributed by atoms with Crippen molar-refractivity contribution in [2.45, 2.75) is 25.5 Å². The Kier molecular flexibility index (Phi) is 2.51. The Morgan fingerprint density at radius 1 is 1.50 bits per heavy atom. The lowest BCUT2D eigenvalue weighted by Gasteiger charge is -2.07. The standard InChI is InChI=1S/C12H14NO/c1-3-14-11-8-9-6-4-5-7-10(9)12(11)13-2/h2,4-7,11-12H,3,8H2,1H3/q+1/t11-,12-/m0/s1. The van der Waals surface area contributed by atoms with Crippen LogP contribution in [0.25, 0.3) is 4.85 Å². The van der Waals surface area contributed by atoms with Gasteiger partial charge in [0.15, 0.2) is 0 Å². The summed E-state index contributed by atoms with van der Waals surface area (Å²) in [4.78, 5) is 3.90. The van der Waals surface area contributed by atoms with Crippen LogP contribution in [-0.4, -0.2) is 12.7 Å². The highest BCUT2D eigenvalue weighted by molar-refractivity contribution is 5.38. The largest absolute Gasteiger partial charge is 0.369 e. The van der Waals surface area contributed by atoms with Crippen molar-refractivity contribution in [1.29, 1.82) is 0 Å². The minimum absolute atomic E-state index is 0.0196. The Balaban J connectivity index is 2.30. The average Bonchev–Trinajstić information content (AvgIpc) is 2.55. The first-order valence-electron chi connectivity index (χ1n) is 4.96. The zero-order chi connectivity index (χ0) is 9.97. The maximum atomic E-state index is 5.62. The normalized spacial score (nSPS) is 24.3. The lowest BCUT2D eigenvalue weighted by Crippen LogP contribution is -2.16. The lowest BCUT2D eigenvalue weighted by molar-refractivity contribution is 0.0609. The van der Waals surface area contributed by atoms with Gasteiger partial charge in [0, 0.05) is 18.6 Å². The maximum absolute atomic E-state index is 5.62. The molecular formula is C12H14NO+. The van der Waals surface area contributed by atoms with Crippen molar-refractivity contribution in [1.82, 2.24) is 0 Å². The summed E-state index contributed by atoms with van der Waals surface area (Å²) < 4.78 is 5.62. The smallest absolute Gasteiger partial charge is 0.323 e. The van der Waals surface area contributed by atoms with Gasteiger partial charge < -0.3 is 4.74 Å². The Hall–Kier alpha value is -1.33. The van der Waals surface area contributed by atoms with Crippen LogP contribution in [0.5, 0.6) is 0 Å². The van der Waals surface area contributed by atoms with Crippen LogP contribution in [-0.2, 0) is 11.2 Å². The monoisotopic (exact) mass is 188 g/mol. The molecule has 1 aliphatic rings. The van der Waals surface area contributed by atoms with Crippen molar-refractivity contribution in [3.63, 3.8) is 0 Å². The van der Waals surface area contributed by atoms with Gasteiger partial charge in [-0.05, 0) is 12.5 Å². The molecule has 0 fully saturated rings. The summed E-state index contributed by atoms with van der Waals surface area (Å²) in [5.41, 5.74) is 2.53. The van der Waals surface area contributed by atoms with Crippen molar-refractivity contribution >= 4 is 0 Å². The number of rotatable bonds is 2. The SMILES string of the molecule is C#[N+][C@H]1c2ccccc2C[C@@H]1OCC. The van der Waals surface area contributed by atoms with Crippen LogP contribution in [0.1, 0.15) is 24.1 Å². The van der Waals surface area contributed by atoms with Crippen LogP contribution < -0.4 is 0 Å². The Labute approximate surface area is 84.3 Å². The van der Waals surface area contributed by atoms with Gasteiger partial charge in [0.1, 0.15) is 6.10 Å². The second-order valence-electron chi connectivity index (χ2n) is 3.49. The number of nitrogens with zero attached hydrogens (tertiary/aromatic N) is 1. The Morgan fingerprint density at radius 3 is 3.00 bits per heavy atom. The number of hydrogen-bond acceptors (Lipinski definition) is 1. The zero-order valence-electron chi connectivity index (χ0n) is 8.31. The first kappa shape index (κ1) is 9.23. The third-order valence-electron chi connectivity index (χ3n) is 2.69. The van der Waals surface area contributed by atoms with E-state index in [0.29, 0.717) is 6.61 Å². The van der Waals surface area contributed by atoms with Crippen LogP contribution in [0, 0.1) is 6.57 Å². The molecule has 0 bridgehead atoms. The predicted molar refractivity (Wildman–Crippen MR) is 56.6 cm³/mol. The summed E-state index contributed by atoms with van der Waals surface area (Å²) in [6.07, 6.45) is 1.05. The molecule has 1 aliphatic carbocycles. The van der Waals surface area contributed by atoms with E-state index in [1.54, 1.807) is 0 Å². The second-order valence-corrected chi connectivity index (χ2v) is 3.49. The molecule has 2 rings (SSSR count). The molecule has 14 heavy (non-hydrogen) atoms. The molecule has 0 aliphatic heterocycles. The first-order chi connectivity index (χ1) is 6.86. The Morgan fingerprint density at radius 2 is 2.29 bits per heavy atom. The van der Waals surface area contributed by atoms with Gasteiger partial charge >= 0.3 is 6.04 Å². The lowest BCUT2D eigenvalue weighted by atomic mass is 10.1. The highest BCUT2D eigenvalue weighted by Crippen LogP contribution is 2.35. The van der Waals surface area contributed by atoms with E-state index < -0.39 is 0 Å². The molecule has 0 saturated heterocycles. The van der Waals surface area contributed by atoms with Crippen LogP contribution in [0.15, 0.2) is 24.3 Å². The fourth-order valence-corrected chi connectivity index (χ4v) is 2.08. The van der Waals surface area contributed by atoms with Crippen molar-refractivity contribution in [2.75, 3.05) is 6.61 Å². The van der Waals surface area contributed by atoms with Crippen molar-refractivity contribution in [3.05, 3.63) is 40.2 Å². The van der Waals surface area contributed by atoms with E-state index in [9.17, 15) is 0 Å². The zero-order valence-corrected chi connectivity index (χ0v) is 8.31. The summed E-state index contributed by atoms with van der Waals surface area (Å²) in [5.74, 6) is 0. The van der Waals surface area contributed by atoms with Gasteiger partial charge in [0.2, 0.25) is 0 Å². The Bertz CT molecular complexity index is 367. The van der Waals surface area contributed by atoms with Gasteiger partial charge in [-0.2, -0.15) is 0 Å². The fraction of sp³-hybridized carbons (Fsp3) is 0.417. The summed E-state index contributed by atoms with van der Waals surface area (Å²) >= 11 is 0. The molecule has 1 aromatic carbocycles. The molecule has 0 unspecified atom stereocenters. The van der Waals surface area contributed by atoms with Gasteiger partial charge in [-0.3, -0.25) is 0 Å². The number of ether oxygens (including phenoxy) is 1. The van der Waals surface area contributed by atoms with Gasteiger partial charge in [-0.1, -0.05) is 29.1 Å². The van der Waals surface area contributed by atoms with Crippen molar-refractivity contribution in [3.8, 4) is 6.57 Å². The predicted octanol–water partition coefficient (Wildman–Crippen LogP) is 2.65. The molecule has 0 amide bonds. The molecule has 2 heteroatoms. The summed E-state index contributed by atoms with van der Waals surface area (Å²) in [6.45, 7) is 8.12. The van der Waals surface area contributed by atoms with Crippen LogP contribution in [0.4, 0.5) is 0 Å². The summed E-state index contributed by atoms with van der Waals surface area (Å²) in [5, 5.41) is 0. The van der Waals surface area contributed by atoms with E-state index in [4.69, 9.17) is 11.3 Å². The van der Waals surface area contributed by atoms with E-state index in [0.717, 1.165) is 6.42 Å². The molecule has 0 radical (unpaired) electrons. The first-order valence-corrected chi connectivity index (χ1v) is 4.96. The van der Waals surface area contributed by atoms with Gasteiger partial charge in [-0.15, -0.1) is 0 Å². The molecule has 0 N–H and O–H groups in total. The summed E-state index contributed by atoms with van der Waals surface area (Å²) in [6, 6.07) is 8.28. The topological polar surface area (TPSA) is 13.6 Å². The minimum atomic E-state index is 0.0196. The quantitative estimate of drug-likeness (QED) is 0.695. The molecule has 0 aromatic heterocycles. The average molecular weight is 188 g/mol. The third-order valence-corrected chi connectivity index (χ3v) is 2.69. The van der Waals surface area contributed by atoms with Crippen molar-refractivity contribution < 1.29 is 4.74 Å². The van der Waals surface area contributed by atoms with Gasteiger partial charge in [0.25, 0.3) is 6.57 Å². The molecule has 0 heterocycles. The molecule has 1 aromatic rings. The van der Waals surface area contributed by atoms with E-state index in [2.05, 4.69) is 17.0 Å². The summed E-state index contributed by atoms with van der Waals surface area (Å²) in [7, 11) is 0. The van der Waals surface area contributed by atoms with E-state index in [1.807, 2.05) is 19.1 Å². The molecule has 0 spiro atoms. The van der Waals surface area contributed by atoms with E-state index >= 15 is 0 Å². The third kappa shape index (κ3) is 1.40. The van der Waals surface area contributed by atoms with E-state index in [-0.39, 0.29) is 12.1 Å². The highest BCUT2D eigenvalue weighted by Gasteiger charge is 2.40. The van der Waals surface area contributed by atoms with Crippen molar-refractivity contribution in [2.24, 2.45) is 0 Å². The molecule has 0 saturated carbocycles. The second kappa shape index (κ2) is 3.81. The minimum Gasteiger partial charge on any atom is -0.369 e. The fourth-order valence-electron chi connectivity index (χ4n) is 2.08. The van der Waals surface area contributed by atoms with Crippen LogP contribution >= 0.6 is 0 Å². The molecular weight excluding hydrogens is 174 g/mol. The highest BCUT2D eigenvalue weighted by atomic mass is 16.5. The van der Waals surface area contributed by atoms with Crippen LogP contribution in [0.2, 0.25) is 0 Å². The maximum Gasteiger partial charge on any atom is 0.323 e. The van der Waals surface area contributed by atoms with Gasteiger partial charge in [0.05, 0.1) is 0 Å². The van der Waals surface area contributed by atoms with Crippen LogP contribution in [0.3, 0.4) is 0 Å². The number of benzene rings is 1.